The molecule has 0 spiro atoms. The van der Waals surface area contributed by atoms with Gasteiger partial charge in [-0.05, 0) is 84.8 Å². The summed E-state index contributed by atoms with van der Waals surface area (Å²) >= 11 is 18.0. The average Bonchev–Trinajstić information content (AvgIpc) is 2.09. The van der Waals surface area contributed by atoms with E-state index in [9.17, 15) is 0 Å². The van der Waals surface area contributed by atoms with Crippen molar-refractivity contribution < 1.29 is 0 Å². The summed E-state index contributed by atoms with van der Waals surface area (Å²) in [6.45, 7) is 6.97. The van der Waals surface area contributed by atoms with Crippen LogP contribution in [-0.2, 0) is 0 Å². The highest BCUT2D eigenvalue weighted by Crippen LogP contribution is 2.41. The van der Waals surface area contributed by atoms with Crippen molar-refractivity contribution in [2.24, 2.45) is 0 Å². The molecule has 1 aromatic carbocycles. The molecule has 0 bridgehead atoms. The number of rotatable bonds is 1. The van der Waals surface area contributed by atoms with Gasteiger partial charge >= 0.3 is 0 Å². The molecule has 0 aliphatic carbocycles. The predicted octanol–water partition coefficient (Wildman–Crippen LogP) is 6.04. The first kappa shape index (κ1) is 14.9. The monoisotopic (exact) mass is 540 g/mol. The second-order valence-corrected chi connectivity index (χ2v) is 13.2. The standard InChI is InChI=1S/C9H9Br5Si/c1-15(2,3)9-7(13)5(11)4(10)6(12)8(9)14/h1-3H3. The summed E-state index contributed by atoms with van der Waals surface area (Å²) in [4.78, 5) is 0. The van der Waals surface area contributed by atoms with Crippen LogP contribution in [0.4, 0.5) is 0 Å². The van der Waals surface area contributed by atoms with E-state index >= 15 is 0 Å². The quantitative estimate of drug-likeness (QED) is 0.230. The van der Waals surface area contributed by atoms with Crippen LogP contribution in [0, 0.1) is 0 Å². The van der Waals surface area contributed by atoms with E-state index in [-0.39, 0.29) is 0 Å². The molecule has 0 saturated carbocycles. The lowest BCUT2D eigenvalue weighted by Gasteiger charge is -2.23. The molecule has 0 N–H and O–H groups in total. The third-order valence-electron chi connectivity index (χ3n) is 1.96. The van der Waals surface area contributed by atoms with Crippen molar-refractivity contribution in [3.8, 4) is 0 Å². The number of halogens is 5. The van der Waals surface area contributed by atoms with Gasteiger partial charge in [0.05, 0.1) is 8.07 Å². The highest BCUT2D eigenvalue weighted by molar-refractivity contribution is 9.15. The fourth-order valence-electron chi connectivity index (χ4n) is 1.26. The van der Waals surface area contributed by atoms with E-state index in [4.69, 9.17) is 0 Å². The number of hydrogen-bond acceptors (Lipinski definition) is 0. The van der Waals surface area contributed by atoms with Gasteiger partial charge in [-0.25, -0.2) is 0 Å². The Balaban J connectivity index is 3.68. The van der Waals surface area contributed by atoms with Crippen molar-refractivity contribution in [1.82, 2.24) is 0 Å². The summed E-state index contributed by atoms with van der Waals surface area (Å²) in [5.41, 5.74) is 0. The van der Waals surface area contributed by atoms with Crippen molar-refractivity contribution in [3.63, 3.8) is 0 Å². The smallest absolute Gasteiger partial charge is 0.0656 e. The van der Waals surface area contributed by atoms with Crippen LogP contribution in [0.1, 0.15) is 0 Å². The Morgan fingerprint density at radius 1 is 0.600 bits per heavy atom. The lowest BCUT2D eigenvalue weighted by atomic mass is 10.4. The molecule has 0 aliphatic heterocycles. The first-order chi connectivity index (χ1) is 6.68. The minimum atomic E-state index is -1.38. The molecule has 0 fully saturated rings. The molecule has 1 rings (SSSR count). The van der Waals surface area contributed by atoms with Gasteiger partial charge in [-0.2, -0.15) is 0 Å². The lowest BCUT2D eigenvalue weighted by molar-refractivity contribution is 1.47. The van der Waals surface area contributed by atoms with Crippen LogP contribution in [0.25, 0.3) is 0 Å². The van der Waals surface area contributed by atoms with Crippen molar-refractivity contribution in [2.45, 2.75) is 19.6 Å². The second kappa shape index (κ2) is 5.22. The Labute approximate surface area is 133 Å². The molecule has 0 unspecified atom stereocenters. The van der Waals surface area contributed by atoms with Crippen LogP contribution >= 0.6 is 79.6 Å². The van der Waals surface area contributed by atoms with E-state index in [2.05, 4.69) is 99.3 Å². The van der Waals surface area contributed by atoms with Crippen molar-refractivity contribution >= 4 is 92.9 Å². The lowest BCUT2D eigenvalue weighted by Crippen LogP contribution is -2.40. The van der Waals surface area contributed by atoms with Crippen LogP contribution in [0.15, 0.2) is 22.4 Å². The van der Waals surface area contributed by atoms with Gasteiger partial charge in [0.1, 0.15) is 0 Å². The Morgan fingerprint density at radius 2 is 0.867 bits per heavy atom. The summed E-state index contributed by atoms with van der Waals surface area (Å²) < 4.78 is 5.44. The first-order valence-electron chi connectivity index (χ1n) is 4.19. The van der Waals surface area contributed by atoms with Gasteiger partial charge in [-0.1, -0.05) is 19.6 Å². The van der Waals surface area contributed by atoms with Gasteiger partial charge in [0.25, 0.3) is 0 Å². The fraction of sp³-hybridized carbons (Fsp3) is 0.333. The van der Waals surface area contributed by atoms with E-state index in [0.717, 1.165) is 22.4 Å². The zero-order chi connectivity index (χ0) is 12.0. The maximum atomic E-state index is 3.66. The molecule has 0 radical (unpaired) electrons. The summed E-state index contributed by atoms with van der Waals surface area (Å²) in [5, 5.41) is 1.38. The Morgan fingerprint density at radius 3 is 1.13 bits per heavy atom. The topological polar surface area (TPSA) is 0 Å². The molecule has 0 aromatic heterocycles. The Bertz CT molecular complexity index is 379. The summed E-state index contributed by atoms with van der Waals surface area (Å²) in [5.74, 6) is 0. The molecule has 1 aromatic rings. The largest absolute Gasteiger partial charge is 0.0806 e. The van der Waals surface area contributed by atoms with Crippen molar-refractivity contribution in [1.29, 1.82) is 0 Å². The maximum absolute atomic E-state index is 3.66. The van der Waals surface area contributed by atoms with Crippen molar-refractivity contribution in [2.75, 3.05) is 0 Å². The molecular weight excluding hydrogens is 536 g/mol. The highest BCUT2D eigenvalue weighted by Gasteiger charge is 2.27. The van der Waals surface area contributed by atoms with Gasteiger partial charge in [0.15, 0.2) is 0 Å². The summed E-state index contributed by atoms with van der Waals surface area (Å²) in [6, 6.07) is 0. The normalized spacial score (nSPS) is 12.0. The predicted molar refractivity (Wildman–Crippen MR) is 87.9 cm³/mol. The molecule has 15 heavy (non-hydrogen) atoms. The molecule has 0 amide bonds. The summed E-state index contributed by atoms with van der Waals surface area (Å²) in [6.07, 6.45) is 0. The minimum absolute atomic E-state index is 1.03. The Hall–Kier alpha value is 1.84. The fourth-order valence-corrected chi connectivity index (χ4v) is 9.81. The van der Waals surface area contributed by atoms with Crippen LogP contribution in [0.2, 0.25) is 19.6 Å². The van der Waals surface area contributed by atoms with Crippen LogP contribution < -0.4 is 5.19 Å². The van der Waals surface area contributed by atoms with Crippen molar-refractivity contribution in [3.05, 3.63) is 22.4 Å². The van der Waals surface area contributed by atoms with Crippen LogP contribution in [-0.4, -0.2) is 8.07 Å². The number of hydrogen-bond donors (Lipinski definition) is 0. The summed E-state index contributed by atoms with van der Waals surface area (Å²) in [7, 11) is -1.38. The zero-order valence-electron chi connectivity index (χ0n) is 8.39. The molecule has 0 aliphatic rings. The molecule has 0 atom stereocenters. The third-order valence-corrected chi connectivity index (χ3v) is 10.8. The van der Waals surface area contributed by atoms with E-state index in [1.165, 1.54) is 5.19 Å². The molecule has 0 heterocycles. The zero-order valence-corrected chi connectivity index (χ0v) is 17.3. The van der Waals surface area contributed by atoms with E-state index in [1.54, 1.807) is 0 Å². The Kier molecular flexibility index (Phi) is 5.19. The van der Waals surface area contributed by atoms with E-state index < -0.39 is 8.07 Å². The SMILES string of the molecule is C[Si](C)(C)c1c(Br)c(Br)c(Br)c(Br)c1Br. The van der Waals surface area contributed by atoms with Gasteiger partial charge in [0, 0.05) is 22.4 Å². The van der Waals surface area contributed by atoms with Crippen LogP contribution in [0.5, 0.6) is 0 Å². The molecule has 0 saturated heterocycles. The van der Waals surface area contributed by atoms with E-state index in [0.29, 0.717) is 0 Å². The first-order valence-corrected chi connectivity index (χ1v) is 11.7. The molecular formula is C9H9Br5Si. The van der Waals surface area contributed by atoms with Crippen LogP contribution in [0.3, 0.4) is 0 Å². The highest BCUT2D eigenvalue weighted by atomic mass is 79.9. The van der Waals surface area contributed by atoms with Gasteiger partial charge in [-0.3, -0.25) is 0 Å². The van der Waals surface area contributed by atoms with Gasteiger partial charge < -0.3 is 0 Å². The molecule has 84 valence electrons. The minimum Gasteiger partial charge on any atom is -0.0656 e. The number of benzene rings is 1. The second-order valence-electron chi connectivity index (χ2n) is 4.19. The van der Waals surface area contributed by atoms with Gasteiger partial charge in [0.2, 0.25) is 0 Å². The molecule has 0 nitrogen and oxygen atoms in total. The van der Waals surface area contributed by atoms with Gasteiger partial charge in [-0.15, -0.1) is 0 Å². The van der Waals surface area contributed by atoms with E-state index in [1.807, 2.05) is 0 Å². The maximum Gasteiger partial charge on any atom is 0.0806 e. The average molecular weight is 545 g/mol. The third kappa shape index (κ3) is 2.99. The molecule has 6 heteroatoms.